The van der Waals surface area contributed by atoms with E-state index in [-0.39, 0.29) is 10.9 Å². The normalized spacial score (nSPS) is 16.1. The largest absolute Gasteiger partial charge is 0.455 e. The minimum absolute atomic E-state index is 0.0378. The van der Waals surface area contributed by atoms with Gasteiger partial charge in [-0.3, -0.25) is 4.98 Å². The number of para-hydroxylation sites is 1. The average molecular weight is 440 g/mol. The lowest BCUT2D eigenvalue weighted by molar-refractivity contribution is 0.170. The third-order valence-electron chi connectivity index (χ3n) is 5.94. The quantitative estimate of drug-likeness (QED) is 0.542. The fourth-order valence-corrected chi connectivity index (χ4v) is 5.57. The molecular formula is C24H29N3O3S. The van der Waals surface area contributed by atoms with Crippen LogP contribution in [0.25, 0.3) is 10.9 Å². The fraction of sp³-hybridized carbons (Fsp3) is 0.375. The molecular weight excluding hydrogens is 410 g/mol. The van der Waals surface area contributed by atoms with Crippen molar-refractivity contribution in [3.63, 3.8) is 0 Å². The van der Waals surface area contributed by atoms with Crippen LogP contribution in [0.15, 0.2) is 65.7 Å². The van der Waals surface area contributed by atoms with E-state index < -0.39 is 10.0 Å². The number of benzene rings is 2. The minimum Gasteiger partial charge on any atom is -0.455 e. The molecule has 4 rings (SSSR count). The van der Waals surface area contributed by atoms with Crippen molar-refractivity contribution in [3.8, 4) is 11.5 Å². The van der Waals surface area contributed by atoms with E-state index in [2.05, 4.69) is 16.8 Å². The summed E-state index contributed by atoms with van der Waals surface area (Å²) >= 11 is 0. The molecule has 2 heterocycles. The van der Waals surface area contributed by atoms with Crippen molar-refractivity contribution in [2.24, 2.45) is 0 Å². The topological polar surface area (TPSA) is 62.7 Å². The summed E-state index contributed by atoms with van der Waals surface area (Å²) in [5, 5.41) is 0.991. The zero-order chi connectivity index (χ0) is 21.8. The maximum atomic E-state index is 13.1. The van der Waals surface area contributed by atoms with E-state index >= 15 is 0 Å². The van der Waals surface area contributed by atoms with Gasteiger partial charge >= 0.3 is 0 Å². The first-order valence-corrected chi connectivity index (χ1v) is 12.2. The van der Waals surface area contributed by atoms with Crippen LogP contribution in [-0.4, -0.2) is 55.3 Å². The number of nitrogens with zero attached hydrogens (tertiary/aromatic N) is 3. The van der Waals surface area contributed by atoms with Gasteiger partial charge in [-0.15, -0.1) is 0 Å². The molecule has 7 heteroatoms. The van der Waals surface area contributed by atoms with Crippen LogP contribution in [0.5, 0.6) is 11.5 Å². The van der Waals surface area contributed by atoms with Crippen molar-refractivity contribution in [2.75, 3.05) is 26.7 Å². The van der Waals surface area contributed by atoms with E-state index in [9.17, 15) is 8.42 Å². The maximum absolute atomic E-state index is 13.1. The molecule has 1 saturated heterocycles. The maximum Gasteiger partial charge on any atom is 0.243 e. The molecule has 0 N–H and O–H groups in total. The number of hydrogen-bond acceptors (Lipinski definition) is 5. The van der Waals surface area contributed by atoms with E-state index in [1.165, 1.54) is 0 Å². The molecule has 164 valence electrons. The average Bonchev–Trinajstić information content (AvgIpc) is 2.80. The number of pyridine rings is 1. The van der Waals surface area contributed by atoms with E-state index in [0.717, 1.165) is 49.8 Å². The third kappa shape index (κ3) is 4.74. The van der Waals surface area contributed by atoms with Gasteiger partial charge in [0.2, 0.25) is 10.0 Å². The van der Waals surface area contributed by atoms with Crippen LogP contribution in [0, 0.1) is 0 Å². The second kappa shape index (κ2) is 9.34. The number of rotatable bonds is 7. The molecule has 1 aromatic heterocycles. The SMILES string of the molecule is CCCN1CCC(N(C)S(=O)(=O)c2ccc(Oc3cccc4cccnc34)cc2)CC1. The summed E-state index contributed by atoms with van der Waals surface area (Å²) in [5.74, 6) is 1.22. The minimum atomic E-state index is -3.55. The van der Waals surface area contributed by atoms with Crippen molar-refractivity contribution < 1.29 is 13.2 Å². The summed E-state index contributed by atoms with van der Waals surface area (Å²) in [6.07, 6.45) is 4.59. The van der Waals surface area contributed by atoms with Gasteiger partial charge in [0.15, 0.2) is 5.75 Å². The van der Waals surface area contributed by atoms with Gasteiger partial charge in [-0.25, -0.2) is 8.42 Å². The van der Waals surface area contributed by atoms with E-state index in [4.69, 9.17) is 4.74 Å². The first-order valence-electron chi connectivity index (χ1n) is 10.8. The molecule has 31 heavy (non-hydrogen) atoms. The molecule has 0 aliphatic carbocycles. The van der Waals surface area contributed by atoms with Gasteiger partial charge in [-0.2, -0.15) is 4.31 Å². The Morgan fingerprint density at radius 2 is 1.77 bits per heavy atom. The second-order valence-electron chi connectivity index (χ2n) is 8.00. The fourth-order valence-electron chi connectivity index (χ4n) is 4.15. The van der Waals surface area contributed by atoms with Gasteiger partial charge in [0.25, 0.3) is 0 Å². The molecule has 0 atom stereocenters. The van der Waals surface area contributed by atoms with Crippen molar-refractivity contribution in [1.29, 1.82) is 0 Å². The molecule has 0 bridgehead atoms. The highest BCUT2D eigenvalue weighted by atomic mass is 32.2. The lowest BCUT2D eigenvalue weighted by atomic mass is 10.1. The lowest BCUT2D eigenvalue weighted by Gasteiger charge is -2.36. The third-order valence-corrected chi connectivity index (χ3v) is 7.86. The first kappa shape index (κ1) is 21.7. The number of ether oxygens (including phenoxy) is 1. The number of sulfonamides is 1. The van der Waals surface area contributed by atoms with Crippen molar-refractivity contribution >= 4 is 20.9 Å². The van der Waals surface area contributed by atoms with Crippen molar-refractivity contribution in [3.05, 3.63) is 60.8 Å². The molecule has 1 fully saturated rings. The predicted molar refractivity (Wildman–Crippen MR) is 123 cm³/mol. The number of fused-ring (bicyclic) bond motifs is 1. The highest BCUT2D eigenvalue weighted by Gasteiger charge is 2.30. The molecule has 0 amide bonds. The Morgan fingerprint density at radius 3 is 2.48 bits per heavy atom. The smallest absolute Gasteiger partial charge is 0.243 e. The Morgan fingerprint density at radius 1 is 1.06 bits per heavy atom. The van der Waals surface area contributed by atoms with E-state index in [0.29, 0.717) is 11.5 Å². The first-order chi connectivity index (χ1) is 15.0. The number of aromatic nitrogens is 1. The van der Waals surface area contributed by atoms with Crippen molar-refractivity contribution in [2.45, 2.75) is 37.1 Å². The molecule has 0 saturated carbocycles. The Hall–Kier alpha value is -2.48. The summed E-state index contributed by atoms with van der Waals surface area (Å²) in [4.78, 5) is 7.09. The van der Waals surface area contributed by atoms with Crippen LogP contribution in [-0.2, 0) is 10.0 Å². The van der Waals surface area contributed by atoms with Gasteiger partial charge in [0, 0.05) is 24.7 Å². The molecule has 1 aliphatic heterocycles. The van der Waals surface area contributed by atoms with Crippen LogP contribution < -0.4 is 4.74 Å². The summed E-state index contributed by atoms with van der Waals surface area (Å²) < 4.78 is 33.8. The molecule has 3 aromatic rings. The van der Waals surface area contributed by atoms with Gasteiger partial charge in [0.05, 0.1) is 4.90 Å². The highest BCUT2D eigenvalue weighted by Crippen LogP contribution is 2.30. The standard InChI is InChI=1S/C24H29N3O3S/c1-3-16-27-17-13-20(14-18-27)26(2)31(28,29)22-11-9-21(10-12-22)30-23-8-4-6-19-7-5-15-25-24(19)23/h4-12,15,20H,3,13-14,16-18H2,1-2H3. The van der Waals surface area contributed by atoms with Crippen LogP contribution in [0.1, 0.15) is 26.2 Å². The Kier molecular flexibility index (Phi) is 6.55. The summed E-state index contributed by atoms with van der Waals surface area (Å²) in [7, 11) is -1.85. The predicted octanol–water partition coefficient (Wildman–Crippen LogP) is 4.52. The number of piperidine rings is 1. The Balaban J connectivity index is 1.47. The van der Waals surface area contributed by atoms with Crippen molar-refractivity contribution in [1.82, 2.24) is 14.2 Å². The monoisotopic (exact) mass is 439 g/mol. The van der Waals surface area contributed by atoms with Crippen LogP contribution in [0.3, 0.4) is 0 Å². The number of likely N-dealkylation sites (tertiary alicyclic amines) is 1. The van der Waals surface area contributed by atoms with Gasteiger partial charge < -0.3 is 9.64 Å². The summed E-state index contributed by atoms with van der Waals surface area (Å²) in [5.41, 5.74) is 0.774. The van der Waals surface area contributed by atoms with Crippen LogP contribution in [0.2, 0.25) is 0 Å². The van der Waals surface area contributed by atoms with Crippen LogP contribution >= 0.6 is 0 Å². The molecule has 2 aromatic carbocycles. The summed E-state index contributed by atoms with van der Waals surface area (Å²) in [6.45, 7) is 5.15. The Bertz CT molecular complexity index is 1120. The molecule has 0 unspecified atom stereocenters. The molecule has 1 aliphatic rings. The number of hydrogen-bond donors (Lipinski definition) is 0. The molecule has 0 radical (unpaired) electrons. The molecule has 0 spiro atoms. The zero-order valence-corrected chi connectivity index (χ0v) is 18.9. The Labute approximate surface area is 184 Å². The molecule has 6 nitrogen and oxygen atoms in total. The van der Waals surface area contributed by atoms with Gasteiger partial charge in [0.1, 0.15) is 11.3 Å². The summed E-state index contributed by atoms with van der Waals surface area (Å²) in [6, 6.07) is 16.3. The van der Waals surface area contributed by atoms with E-state index in [1.54, 1.807) is 41.8 Å². The van der Waals surface area contributed by atoms with Gasteiger partial charge in [-0.05, 0) is 75.3 Å². The zero-order valence-electron chi connectivity index (χ0n) is 18.1. The van der Waals surface area contributed by atoms with Gasteiger partial charge in [-0.1, -0.05) is 25.1 Å². The lowest BCUT2D eigenvalue weighted by Crippen LogP contribution is -2.45. The van der Waals surface area contributed by atoms with E-state index in [1.807, 2.05) is 30.3 Å². The highest BCUT2D eigenvalue weighted by molar-refractivity contribution is 7.89. The second-order valence-corrected chi connectivity index (χ2v) is 10.00. The van der Waals surface area contributed by atoms with Crippen LogP contribution in [0.4, 0.5) is 0 Å².